The van der Waals surface area contributed by atoms with Gasteiger partial charge >= 0.3 is 0 Å². The van der Waals surface area contributed by atoms with Crippen LogP contribution in [0.25, 0.3) is 0 Å². The maximum atomic E-state index is 6.35. The minimum Gasteiger partial charge on any atom is -0.314 e. The van der Waals surface area contributed by atoms with Gasteiger partial charge in [0, 0.05) is 30.7 Å². The summed E-state index contributed by atoms with van der Waals surface area (Å²) in [6.45, 7) is 3.41. The molecule has 1 N–H and O–H groups in total. The van der Waals surface area contributed by atoms with Crippen molar-refractivity contribution in [3.8, 4) is 0 Å². The fourth-order valence-electron chi connectivity index (χ4n) is 3.45. The number of nitrogens with zero attached hydrogens (tertiary/aromatic N) is 1. The van der Waals surface area contributed by atoms with Gasteiger partial charge in [0.25, 0.3) is 0 Å². The van der Waals surface area contributed by atoms with Crippen molar-refractivity contribution in [1.29, 1.82) is 0 Å². The smallest absolute Gasteiger partial charge is 0.0440 e. The van der Waals surface area contributed by atoms with Crippen LogP contribution < -0.4 is 5.32 Å². The van der Waals surface area contributed by atoms with Crippen LogP contribution in [0.3, 0.4) is 0 Å². The largest absolute Gasteiger partial charge is 0.314 e. The summed E-state index contributed by atoms with van der Waals surface area (Å²) in [5, 5.41) is 4.49. The van der Waals surface area contributed by atoms with Crippen LogP contribution in [0.2, 0.25) is 5.02 Å². The van der Waals surface area contributed by atoms with Gasteiger partial charge in [-0.05, 0) is 49.4 Å². The summed E-state index contributed by atoms with van der Waals surface area (Å²) in [6.07, 6.45) is 3.63. The van der Waals surface area contributed by atoms with Crippen molar-refractivity contribution in [3.63, 3.8) is 0 Å². The molecule has 2 unspecified atom stereocenters. The van der Waals surface area contributed by atoms with Gasteiger partial charge in [0.1, 0.15) is 0 Å². The molecule has 2 nitrogen and oxygen atoms in total. The summed E-state index contributed by atoms with van der Waals surface area (Å²) >= 11 is 6.35. The molecule has 2 aliphatic rings. The molecule has 1 saturated heterocycles. The molecule has 1 fully saturated rings. The summed E-state index contributed by atoms with van der Waals surface area (Å²) in [5.41, 5.74) is 2.86. The standard InChI is InChI=1S/C15H21ClN2/c1-18-8-7-17-10-15(18)12-6-5-11-3-2-4-14(16)13(11)9-12/h2-4,12,15,17H,5-10H2,1H3. The van der Waals surface area contributed by atoms with Crippen LogP contribution in [-0.2, 0) is 12.8 Å². The van der Waals surface area contributed by atoms with E-state index in [9.17, 15) is 0 Å². The average molecular weight is 265 g/mol. The summed E-state index contributed by atoms with van der Waals surface area (Å²) in [5.74, 6) is 0.746. The summed E-state index contributed by atoms with van der Waals surface area (Å²) in [6, 6.07) is 7.02. The van der Waals surface area contributed by atoms with Gasteiger partial charge < -0.3 is 10.2 Å². The molecule has 0 spiro atoms. The van der Waals surface area contributed by atoms with Crippen LogP contribution in [0.1, 0.15) is 17.5 Å². The lowest BCUT2D eigenvalue weighted by Gasteiger charge is -2.40. The summed E-state index contributed by atoms with van der Waals surface area (Å²) in [7, 11) is 2.26. The molecule has 2 atom stereocenters. The highest BCUT2D eigenvalue weighted by atomic mass is 35.5. The molecule has 1 aromatic rings. The van der Waals surface area contributed by atoms with Crippen LogP contribution in [-0.4, -0.2) is 37.6 Å². The zero-order chi connectivity index (χ0) is 12.5. The third kappa shape index (κ3) is 2.29. The molecule has 3 heteroatoms. The topological polar surface area (TPSA) is 15.3 Å². The van der Waals surface area contributed by atoms with E-state index in [1.165, 1.54) is 24.0 Å². The fourth-order valence-corrected chi connectivity index (χ4v) is 3.72. The van der Waals surface area contributed by atoms with Crippen molar-refractivity contribution in [3.05, 3.63) is 34.3 Å². The number of fused-ring (bicyclic) bond motifs is 1. The molecule has 1 aliphatic heterocycles. The molecule has 0 aromatic heterocycles. The van der Waals surface area contributed by atoms with Gasteiger partial charge in [-0.3, -0.25) is 0 Å². The third-order valence-electron chi connectivity index (χ3n) is 4.57. The van der Waals surface area contributed by atoms with E-state index in [0.29, 0.717) is 6.04 Å². The van der Waals surface area contributed by atoms with Crippen LogP contribution >= 0.6 is 11.6 Å². The van der Waals surface area contributed by atoms with Crippen molar-refractivity contribution < 1.29 is 0 Å². The quantitative estimate of drug-likeness (QED) is 0.838. The molecule has 1 heterocycles. The van der Waals surface area contributed by atoms with E-state index in [0.717, 1.165) is 37.0 Å². The first-order chi connectivity index (χ1) is 8.75. The molecule has 0 bridgehead atoms. The number of hydrogen-bond donors (Lipinski definition) is 1. The van der Waals surface area contributed by atoms with Gasteiger partial charge in [-0.15, -0.1) is 0 Å². The maximum Gasteiger partial charge on any atom is 0.0440 e. The molecular formula is C15H21ClN2. The summed E-state index contributed by atoms with van der Waals surface area (Å²) in [4.78, 5) is 2.52. The van der Waals surface area contributed by atoms with Gasteiger partial charge in [-0.25, -0.2) is 0 Å². The van der Waals surface area contributed by atoms with E-state index in [-0.39, 0.29) is 0 Å². The first kappa shape index (κ1) is 12.5. The monoisotopic (exact) mass is 264 g/mol. The SMILES string of the molecule is CN1CCNCC1C1CCc2cccc(Cl)c2C1. The molecular weight excluding hydrogens is 244 g/mol. The van der Waals surface area contributed by atoms with Gasteiger partial charge in [0.2, 0.25) is 0 Å². The lowest BCUT2D eigenvalue weighted by Crippen LogP contribution is -2.53. The average Bonchev–Trinajstić information content (AvgIpc) is 2.40. The van der Waals surface area contributed by atoms with Crippen molar-refractivity contribution in [1.82, 2.24) is 10.2 Å². The number of aryl methyl sites for hydroxylation is 1. The Kier molecular flexibility index (Phi) is 3.60. The van der Waals surface area contributed by atoms with E-state index in [4.69, 9.17) is 11.6 Å². The number of hydrogen-bond acceptors (Lipinski definition) is 2. The Morgan fingerprint density at radius 2 is 2.28 bits per heavy atom. The number of rotatable bonds is 1. The van der Waals surface area contributed by atoms with Crippen LogP contribution in [0.4, 0.5) is 0 Å². The molecule has 18 heavy (non-hydrogen) atoms. The molecule has 1 aromatic carbocycles. The molecule has 1 aliphatic carbocycles. The van der Waals surface area contributed by atoms with Gasteiger partial charge in [0.05, 0.1) is 0 Å². The number of likely N-dealkylation sites (N-methyl/N-ethyl adjacent to an activating group) is 1. The minimum absolute atomic E-state index is 0.670. The van der Waals surface area contributed by atoms with Gasteiger partial charge in [0.15, 0.2) is 0 Å². The molecule has 0 radical (unpaired) electrons. The second kappa shape index (κ2) is 5.20. The molecule has 0 amide bonds. The lowest BCUT2D eigenvalue weighted by atomic mass is 9.79. The highest BCUT2D eigenvalue weighted by Crippen LogP contribution is 2.33. The zero-order valence-electron chi connectivity index (χ0n) is 11.0. The Bertz CT molecular complexity index is 433. The molecule has 98 valence electrons. The second-order valence-electron chi connectivity index (χ2n) is 5.63. The number of nitrogens with one attached hydrogen (secondary N) is 1. The van der Waals surface area contributed by atoms with Crippen LogP contribution in [0.5, 0.6) is 0 Å². The predicted octanol–water partition coefficient (Wildman–Crippen LogP) is 2.35. The minimum atomic E-state index is 0.670. The normalized spacial score (nSPS) is 29.0. The molecule has 0 saturated carbocycles. The highest BCUT2D eigenvalue weighted by Gasteiger charge is 2.31. The molecule has 3 rings (SSSR count). The van der Waals surface area contributed by atoms with Crippen LogP contribution in [0.15, 0.2) is 18.2 Å². The predicted molar refractivity (Wildman–Crippen MR) is 76.3 cm³/mol. The number of piperazine rings is 1. The zero-order valence-corrected chi connectivity index (χ0v) is 11.7. The number of halogens is 1. The van der Waals surface area contributed by atoms with Crippen molar-refractivity contribution in [2.75, 3.05) is 26.7 Å². The maximum absolute atomic E-state index is 6.35. The van der Waals surface area contributed by atoms with Crippen molar-refractivity contribution in [2.45, 2.75) is 25.3 Å². The second-order valence-corrected chi connectivity index (χ2v) is 6.04. The highest BCUT2D eigenvalue weighted by molar-refractivity contribution is 6.31. The van der Waals surface area contributed by atoms with Crippen molar-refractivity contribution in [2.24, 2.45) is 5.92 Å². The first-order valence-electron chi connectivity index (χ1n) is 6.93. The summed E-state index contributed by atoms with van der Waals surface area (Å²) < 4.78 is 0. The van der Waals surface area contributed by atoms with E-state index in [1.54, 1.807) is 0 Å². The fraction of sp³-hybridized carbons (Fsp3) is 0.600. The Morgan fingerprint density at radius 3 is 3.11 bits per heavy atom. The Labute approximate surface area is 114 Å². The third-order valence-corrected chi connectivity index (χ3v) is 4.93. The van der Waals surface area contributed by atoms with E-state index in [2.05, 4.69) is 29.4 Å². The lowest BCUT2D eigenvalue weighted by molar-refractivity contribution is 0.133. The Hall–Kier alpha value is -0.570. The first-order valence-corrected chi connectivity index (χ1v) is 7.30. The Morgan fingerprint density at radius 1 is 1.39 bits per heavy atom. The number of benzene rings is 1. The van der Waals surface area contributed by atoms with Gasteiger partial charge in [-0.2, -0.15) is 0 Å². The Balaban J connectivity index is 1.79. The van der Waals surface area contributed by atoms with Crippen LogP contribution in [0, 0.1) is 5.92 Å². The van der Waals surface area contributed by atoms with E-state index in [1.807, 2.05) is 6.07 Å². The van der Waals surface area contributed by atoms with E-state index >= 15 is 0 Å². The van der Waals surface area contributed by atoms with Crippen molar-refractivity contribution >= 4 is 11.6 Å². The van der Waals surface area contributed by atoms with E-state index < -0.39 is 0 Å². The van der Waals surface area contributed by atoms with Gasteiger partial charge in [-0.1, -0.05) is 23.7 Å².